The van der Waals surface area contributed by atoms with E-state index in [0.29, 0.717) is 32.6 Å². The summed E-state index contributed by atoms with van der Waals surface area (Å²) in [6.07, 6.45) is 2.35. The minimum atomic E-state index is -0.293. The quantitative estimate of drug-likeness (QED) is 0.507. The van der Waals surface area contributed by atoms with Crippen LogP contribution in [0.5, 0.6) is 5.75 Å². The number of ether oxygens (including phenoxy) is 1. The molecule has 3 aromatic rings. The van der Waals surface area contributed by atoms with Crippen LogP contribution in [-0.4, -0.2) is 74.3 Å². The van der Waals surface area contributed by atoms with E-state index in [1.54, 1.807) is 6.20 Å². The number of benzene rings is 1. The predicted molar refractivity (Wildman–Crippen MR) is 101 cm³/mol. The van der Waals surface area contributed by atoms with E-state index in [1.807, 2.05) is 28.5 Å². The monoisotopic (exact) mass is 543 g/mol. The van der Waals surface area contributed by atoms with Gasteiger partial charge in [-0.1, -0.05) is 0 Å². The molecule has 0 aliphatic carbocycles. The van der Waals surface area contributed by atoms with Crippen molar-refractivity contribution in [2.24, 2.45) is 0 Å². The molecule has 1 fully saturated rings. The van der Waals surface area contributed by atoms with E-state index in [-0.39, 0.29) is 12.2 Å². The van der Waals surface area contributed by atoms with E-state index in [4.69, 9.17) is 9.84 Å². The van der Waals surface area contributed by atoms with Crippen LogP contribution in [0.25, 0.3) is 22.2 Å². The summed E-state index contributed by atoms with van der Waals surface area (Å²) in [5, 5.41) is 24.0. The molecule has 4 rings (SSSR count). The molecule has 132 valence electrons. The molecular formula is C18H20N5O2Tl. The van der Waals surface area contributed by atoms with Crippen molar-refractivity contribution in [1.82, 2.24) is 17.8 Å². The third-order valence-corrected chi connectivity index (χ3v) is 5.98. The van der Waals surface area contributed by atoms with Crippen molar-refractivity contribution in [1.29, 1.82) is 0 Å². The van der Waals surface area contributed by atoms with Gasteiger partial charge in [0.05, 0.1) is 0 Å². The van der Waals surface area contributed by atoms with Crippen LogP contribution < -0.4 is 9.64 Å². The van der Waals surface area contributed by atoms with Crippen molar-refractivity contribution in [3.63, 3.8) is 0 Å². The number of hydrogen-bond acceptors (Lipinski definition) is 6. The molecule has 1 aliphatic rings. The molecule has 1 aromatic carbocycles. The Morgan fingerprint density at radius 2 is 2.15 bits per heavy atom. The maximum absolute atomic E-state index is 9.78. The number of hydrogen-bond donors (Lipinski definition) is 1. The SMILES string of the molecule is CC(C)Oc1ccc2c(c1)c(-c1cnnc(N3CC[C@@H](O)C3)c1)n[n]2[Tl]. The summed E-state index contributed by atoms with van der Waals surface area (Å²) < 4.78 is 7.88. The van der Waals surface area contributed by atoms with Gasteiger partial charge in [0.25, 0.3) is 0 Å². The first-order valence-corrected chi connectivity index (χ1v) is 10.7. The Hall–Kier alpha value is -1.75. The molecule has 2 aromatic heterocycles. The molecule has 1 atom stereocenters. The van der Waals surface area contributed by atoms with Crippen LogP contribution in [0.4, 0.5) is 5.82 Å². The van der Waals surface area contributed by atoms with Crippen molar-refractivity contribution in [3.05, 3.63) is 30.5 Å². The molecule has 0 amide bonds. The van der Waals surface area contributed by atoms with Gasteiger partial charge in [-0.25, -0.2) is 0 Å². The van der Waals surface area contributed by atoms with Crippen LogP contribution in [0.1, 0.15) is 20.3 Å². The van der Waals surface area contributed by atoms with Crippen molar-refractivity contribution in [3.8, 4) is 17.0 Å². The topological polar surface area (TPSA) is 76.3 Å². The van der Waals surface area contributed by atoms with Gasteiger partial charge in [-0.3, -0.25) is 0 Å². The fraction of sp³-hybridized carbons (Fsp3) is 0.389. The first-order valence-electron chi connectivity index (χ1n) is 8.72. The molecule has 0 spiro atoms. The molecule has 1 aliphatic heterocycles. The standard InChI is InChI=1S/C18H20N5O2.Tl/c1-11(2)25-14-3-4-16-15(8-14)18(22-20-16)12-7-17(21-19-9-12)23-6-5-13(24)10-23;/h3-4,7-9,11,13,24H,5-6,10H2,1-2H3;/q-1;+1/t13-;/m1./s1. The van der Waals surface area contributed by atoms with Crippen LogP contribution in [0.3, 0.4) is 0 Å². The molecule has 0 radical (unpaired) electrons. The summed E-state index contributed by atoms with van der Waals surface area (Å²) in [4.78, 5) is 2.07. The molecule has 26 heavy (non-hydrogen) atoms. The van der Waals surface area contributed by atoms with E-state index in [1.165, 1.54) is 0 Å². The van der Waals surface area contributed by atoms with Crippen molar-refractivity contribution < 1.29 is 9.84 Å². The van der Waals surface area contributed by atoms with Crippen molar-refractivity contribution in [2.75, 3.05) is 18.0 Å². The molecule has 0 unspecified atom stereocenters. The average molecular weight is 543 g/mol. The first kappa shape index (κ1) is 17.7. The van der Waals surface area contributed by atoms with Crippen molar-refractivity contribution >= 4 is 42.8 Å². The number of β-amino-alcohol motifs (C(OH)–C–C–N with tert-alkyl or cyclic N) is 1. The molecule has 0 bridgehead atoms. The van der Waals surface area contributed by atoms with Crippen LogP contribution in [0.15, 0.2) is 30.5 Å². The second-order valence-electron chi connectivity index (χ2n) is 6.83. The van der Waals surface area contributed by atoms with Gasteiger partial charge in [-0.05, 0) is 0 Å². The third kappa shape index (κ3) is 3.41. The van der Waals surface area contributed by atoms with E-state index in [0.717, 1.165) is 46.7 Å². The number of aliphatic hydroxyl groups is 1. The summed E-state index contributed by atoms with van der Waals surface area (Å²) >= 11 is 0.566. The molecule has 3 heterocycles. The number of anilines is 1. The number of fused-ring (bicyclic) bond motifs is 1. The first-order chi connectivity index (χ1) is 12.5. The van der Waals surface area contributed by atoms with Gasteiger partial charge >= 0.3 is 168 Å². The van der Waals surface area contributed by atoms with Gasteiger partial charge in [0.2, 0.25) is 0 Å². The normalized spacial score (nSPS) is 17.3. The van der Waals surface area contributed by atoms with E-state index in [9.17, 15) is 5.11 Å². The van der Waals surface area contributed by atoms with Gasteiger partial charge < -0.3 is 0 Å². The second kappa shape index (κ2) is 7.11. The fourth-order valence-electron chi connectivity index (χ4n) is 3.27. The van der Waals surface area contributed by atoms with E-state index < -0.39 is 0 Å². The zero-order valence-electron chi connectivity index (χ0n) is 14.8. The van der Waals surface area contributed by atoms with Gasteiger partial charge in [-0.2, -0.15) is 0 Å². The molecular weight excluding hydrogens is 523 g/mol. The summed E-state index contributed by atoms with van der Waals surface area (Å²) in [7, 11) is 0. The van der Waals surface area contributed by atoms with Gasteiger partial charge in [0, 0.05) is 0 Å². The number of nitrogens with zero attached hydrogens (tertiary/aromatic N) is 5. The summed E-state index contributed by atoms with van der Waals surface area (Å²) in [6.45, 7) is 5.43. The van der Waals surface area contributed by atoms with Gasteiger partial charge in [0.15, 0.2) is 0 Å². The Bertz CT molecular complexity index is 942. The fourth-order valence-corrected chi connectivity index (χ4v) is 4.59. The zero-order valence-corrected chi connectivity index (χ0v) is 19.3. The number of rotatable bonds is 4. The summed E-state index contributed by atoms with van der Waals surface area (Å²) in [5.41, 5.74) is 2.94. The van der Waals surface area contributed by atoms with E-state index >= 15 is 0 Å². The Kier molecular flexibility index (Phi) is 4.83. The summed E-state index contributed by atoms with van der Waals surface area (Å²) in [6, 6.07) is 8.12. The van der Waals surface area contributed by atoms with Crippen LogP contribution in [0.2, 0.25) is 0 Å². The molecule has 0 saturated carbocycles. The minimum absolute atomic E-state index is 0.125. The molecule has 8 heteroatoms. The Balaban J connectivity index is 1.76. The average Bonchev–Trinajstić information content (AvgIpc) is 3.18. The molecule has 7 nitrogen and oxygen atoms in total. The Morgan fingerprint density at radius 1 is 1.31 bits per heavy atom. The van der Waals surface area contributed by atoms with Crippen LogP contribution in [0, 0.1) is 0 Å². The predicted octanol–water partition coefficient (Wildman–Crippen LogP) is 1.78. The Morgan fingerprint density at radius 3 is 2.88 bits per heavy atom. The van der Waals surface area contributed by atoms with E-state index in [2.05, 4.69) is 27.2 Å². The maximum atomic E-state index is 9.78. The van der Waals surface area contributed by atoms with Crippen LogP contribution in [-0.2, 0) is 0 Å². The summed E-state index contributed by atoms with van der Waals surface area (Å²) in [5.74, 6) is 1.63. The van der Waals surface area contributed by atoms with Gasteiger partial charge in [-0.15, -0.1) is 0 Å². The Labute approximate surface area is 168 Å². The van der Waals surface area contributed by atoms with Crippen LogP contribution >= 0.6 is 0 Å². The number of aliphatic hydroxyl groups excluding tert-OH is 1. The molecule has 1 saturated heterocycles. The van der Waals surface area contributed by atoms with Crippen molar-refractivity contribution in [2.45, 2.75) is 32.5 Å². The third-order valence-electron chi connectivity index (χ3n) is 4.45. The zero-order chi connectivity index (χ0) is 18.3. The van der Waals surface area contributed by atoms with Gasteiger partial charge in [0.1, 0.15) is 0 Å². The second-order valence-corrected chi connectivity index (χ2v) is 8.73. The number of aromatic nitrogens is 4. The molecule has 1 N–H and O–H groups in total.